The number of Topliss-reactive ketones (excluding diaryl/α,β-unsaturated/α-hetero) is 2. The van der Waals surface area contributed by atoms with Crippen molar-refractivity contribution in [1.29, 1.82) is 0 Å². The lowest BCUT2D eigenvalue weighted by atomic mass is 10.1. The first-order chi connectivity index (χ1) is 15.0. The normalized spacial score (nSPS) is 12.9. The number of allylic oxidation sites excluding steroid dienone is 1. The van der Waals surface area contributed by atoms with E-state index in [1.54, 1.807) is 30.3 Å². The van der Waals surface area contributed by atoms with Gasteiger partial charge in [0.2, 0.25) is 0 Å². The number of rotatable bonds is 3. The zero-order valence-electron chi connectivity index (χ0n) is 17.4. The van der Waals surface area contributed by atoms with Gasteiger partial charge in [-0.15, -0.1) is 0 Å². The molecule has 3 aromatic carbocycles. The molecule has 0 bridgehead atoms. The van der Waals surface area contributed by atoms with Crippen LogP contribution in [0.1, 0.15) is 37.7 Å². The molecule has 0 saturated heterocycles. The number of aryl methyl sites for hydroxylation is 1. The number of fused-ring (bicyclic) bond motifs is 1. The van der Waals surface area contributed by atoms with Crippen molar-refractivity contribution in [1.82, 2.24) is 4.57 Å². The lowest BCUT2D eigenvalue weighted by Crippen LogP contribution is -2.01. The molecule has 3 heteroatoms. The van der Waals surface area contributed by atoms with Crippen LogP contribution in [0.15, 0.2) is 90.5 Å². The summed E-state index contributed by atoms with van der Waals surface area (Å²) in [4.78, 5) is 25.5. The number of hydrogen-bond acceptors (Lipinski definition) is 2. The topological polar surface area (TPSA) is 39.1 Å². The predicted octanol–water partition coefficient (Wildman–Crippen LogP) is 6.22. The molecule has 150 valence electrons. The second-order valence-electron chi connectivity index (χ2n) is 7.84. The van der Waals surface area contributed by atoms with Crippen molar-refractivity contribution in [3.05, 3.63) is 119 Å². The number of nitrogens with zero attached hydrogens (tertiary/aromatic N) is 1. The van der Waals surface area contributed by atoms with Crippen molar-refractivity contribution in [2.45, 2.75) is 13.8 Å². The van der Waals surface area contributed by atoms with E-state index in [-0.39, 0.29) is 17.1 Å². The molecule has 0 atom stereocenters. The molecule has 0 amide bonds. The average Bonchev–Trinajstić information content (AvgIpc) is 3.22. The van der Waals surface area contributed by atoms with Crippen molar-refractivity contribution in [3.63, 3.8) is 0 Å². The Kier molecular flexibility index (Phi) is 4.52. The molecular weight excluding hydrogens is 382 g/mol. The minimum Gasteiger partial charge on any atom is -0.318 e. The van der Waals surface area contributed by atoms with Crippen LogP contribution in [0.25, 0.3) is 22.9 Å². The third-order valence-electron chi connectivity index (χ3n) is 5.91. The summed E-state index contributed by atoms with van der Waals surface area (Å²) in [5.74, 6) is -0.393. The van der Waals surface area contributed by atoms with Crippen LogP contribution in [0.4, 0.5) is 0 Å². The molecule has 0 saturated carbocycles. The summed E-state index contributed by atoms with van der Waals surface area (Å²) in [7, 11) is 0. The Morgan fingerprint density at radius 1 is 0.677 bits per heavy atom. The molecule has 0 spiro atoms. The molecule has 1 aromatic heterocycles. The largest absolute Gasteiger partial charge is 0.318 e. The maximum absolute atomic E-state index is 12.8. The van der Waals surface area contributed by atoms with Gasteiger partial charge in [0.1, 0.15) is 0 Å². The second-order valence-corrected chi connectivity index (χ2v) is 7.84. The van der Waals surface area contributed by atoms with E-state index in [0.29, 0.717) is 11.1 Å². The Balaban J connectivity index is 1.52. The van der Waals surface area contributed by atoms with Gasteiger partial charge in [-0.25, -0.2) is 0 Å². The van der Waals surface area contributed by atoms with Crippen LogP contribution >= 0.6 is 0 Å². The maximum Gasteiger partial charge on any atom is 0.197 e. The number of benzene rings is 3. The molecule has 1 aliphatic carbocycles. The van der Waals surface area contributed by atoms with E-state index in [1.807, 2.05) is 38.1 Å². The second kappa shape index (κ2) is 7.37. The van der Waals surface area contributed by atoms with Crippen LogP contribution in [0.3, 0.4) is 0 Å². The molecular formula is C28H21NO2. The quantitative estimate of drug-likeness (QED) is 0.301. The predicted molar refractivity (Wildman–Crippen MR) is 124 cm³/mol. The van der Waals surface area contributed by atoms with Gasteiger partial charge >= 0.3 is 0 Å². The first-order valence-corrected chi connectivity index (χ1v) is 10.3. The van der Waals surface area contributed by atoms with Gasteiger partial charge in [-0.2, -0.15) is 0 Å². The smallest absolute Gasteiger partial charge is 0.197 e. The monoisotopic (exact) mass is 403 g/mol. The summed E-state index contributed by atoms with van der Waals surface area (Å²) in [6, 6.07) is 27.7. The van der Waals surface area contributed by atoms with Gasteiger partial charge in [-0.3, -0.25) is 9.59 Å². The molecule has 0 radical (unpaired) electrons. The van der Waals surface area contributed by atoms with Crippen LogP contribution in [-0.4, -0.2) is 16.1 Å². The molecule has 1 aliphatic rings. The highest BCUT2D eigenvalue weighted by Crippen LogP contribution is 2.30. The number of ketones is 2. The highest BCUT2D eigenvalue weighted by molar-refractivity contribution is 6.41. The summed E-state index contributed by atoms with van der Waals surface area (Å²) >= 11 is 0. The third kappa shape index (κ3) is 3.15. The van der Waals surface area contributed by atoms with Crippen LogP contribution in [0.5, 0.6) is 0 Å². The zero-order valence-corrected chi connectivity index (χ0v) is 17.4. The summed E-state index contributed by atoms with van der Waals surface area (Å²) in [6.07, 6.45) is 1.74. The summed E-state index contributed by atoms with van der Waals surface area (Å²) in [6.45, 7) is 4.05. The molecule has 5 rings (SSSR count). The Labute approximate surface area is 181 Å². The Morgan fingerprint density at radius 2 is 1.23 bits per heavy atom. The van der Waals surface area contributed by atoms with E-state index in [0.717, 1.165) is 28.2 Å². The SMILES string of the molecule is Cc1cc(C=C2C(=O)c3ccccc3C2=O)c(C)n1-c1ccc(-c2ccccc2)cc1. The van der Waals surface area contributed by atoms with Gasteiger partial charge < -0.3 is 4.57 Å². The van der Waals surface area contributed by atoms with Crippen LogP contribution in [0, 0.1) is 13.8 Å². The van der Waals surface area contributed by atoms with E-state index in [9.17, 15) is 9.59 Å². The number of carbonyl (C=O) groups is 2. The van der Waals surface area contributed by atoms with Crippen molar-refractivity contribution >= 4 is 17.6 Å². The minimum absolute atomic E-state index is 0.197. The Hall–Kier alpha value is -3.98. The van der Waals surface area contributed by atoms with Crippen molar-refractivity contribution < 1.29 is 9.59 Å². The molecule has 0 unspecified atom stereocenters. The first kappa shape index (κ1) is 19.0. The maximum atomic E-state index is 12.8. The fraction of sp³-hybridized carbons (Fsp3) is 0.0714. The third-order valence-corrected chi connectivity index (χ3v) is 5.91. The van der Waals surface area contributed by atoms with Gasteiger partial charge in [0, 0.05) is 28.2 Å². The van der Waals surface area contributed by atoms with Crippen LogP contribution in [-0.2, 0) is 0 Å². The summed E-state index contributed by atoms with van der Waals surface area (Å²) in [5, 5.41) is 0. The lowest BCUT2D eigenvalue weighted by molar-refractivity contribution is 0.0990. The zero-order chi connectivity index (χ0) is 21.5. The highest BCUT2D eigenvalue weighted by Gasteiger charge is 2.32. The molecule has 31 heavy (non-hydrogen) atoms. The molecule has 0 aliphatic heterocycles. The number of aromatic nitrogens is 1. The molecule has 4 aromatic rings. The highest BCUT2D eigenvalue weighted by atomic mass is 16.2. The van der Waals surface area contributed by atoms with Crippen LogP contribution < -0.4 is 0 Å². The molecule has 0 N–H and O–H groups in total. The fourth-order valence-corrected chi connectivity index (χ4v) is 4.32. The van der Waals surface area contributed by atoms with Gasteiger partial charge in [0.05, 0.1) is 5.57 Å². The van der Waals surface area contributed by atoms with E-state index in [4.69, 9.17) is 0 Å². The van der Waals surface area contributed by atoms with Crippen molar-refractivity contribution in [2.75, 3.05) is 0 Å². The van der Waals surface area contributed by atoms with E-state index in [1.165, 1.54) is 5.56 Å². The van der Waals surface area contributed by atoms with Gasteiger partial charge in [-0.1, -0.05) is 66.7 Å². The van der Waals surface area contributed by atoms with E-state index in [2.05, 4.69) is 41.0 Å². The van der Waals surface area contributed by atoms with Crippen molar-refractivity contribution in [2.24, 2.45) is 0 Å². The minimum atomic E-state index is -0.197. The van der Waals surface area contributed by atoms with Crippen LogP contribution in [0.2, 0.25) is 0 Å². The first-order valence-electron chi connectivity index (χ1n) is 10.3. The van der Waals surface area contributed by atoms with Gasteiger partial charge in [0.15, 0.2) is 11.6 Å². The average molecular weight is 403 g/mol. The van der Waals surface area contributed by atoms with E-state index < -0.39 is 0 Å². The standard InChI is InChI=1S/C28H21NO2/c1-18-16-22(17-26-27(30)24-10-6-7-11-25(24)28(26)31)19(2)29(18)23-14-12-21(13-15-23)20-8-4-3-5-9-20/h3-17H,1-2H3. The number of hydrogen-bond donors (Lipinski definition) is 0. The lowest BCUT2D eigenvalue weighted by Gasteiger charge is -2.11. The Morgan fingerprint density at radius 3 is 1.84 bits per heavy atom. The molecule has 0 fully saturated rings. The van der Waals surface area contributed by atoms with Crippen molar-refractivity contribution in [3.8, 4) is 16.8 Å². The van der Waals surface area contributed by atoms with Gasteiger partial charge in [0.25, 0.3) is 0 Å². The molecule has 1 heterocycles. The fourth-order valence-electron chi connectivity index (χ4n) is 4.32. The number of carbonyl (C=O) groups excluding carboxylic acids is 2. The van der Waals surface area contributed by atoms with Gasteiger partial charge in [-0.05, 0) is 54.8 Å². The summed E-state index contributed by atoms with van der Waals surface area (Å²) < 4.78 is 2.15. The summed E-state index contributed by atoms with van der Waals surface area (Å²) in [5.41, 5.74) is 7.53. The molecule has 3 nitrogen and oxygen atoms in total. The van der Waals surface area contributed by atoms with E-state index >= 15 is 0 Å². The Bertz CT molecular complexity index is 1320.